The van der Waals surface area contributed by atoms with Gasteiger partial charge in [-0.05, 0) is 29.2 Å². The summed E-state index contributed by atoms with van der Waals surface area (Å²) in [6, 6.07) is 16.3. The summed E-state index contributed by atoms with van der Waals surface area (Å²) in [5, 5.41) is 9.50. The Hall–Kier alpha value is -0.830. The Bertz CT molecular complexity index is 510. The molecule has 0 aliphatic carbocycles. The highest BCUT2D eigenvalue weighted by Crippen LogP contribution is 2.28. The average molecular weight is 326 g/mol. The fraction of sp³-hybridized carbons (Fsp3) is 0.200. The van der Waals surface area contributed by atoms with Crippen molar-refractivity contribution in [3.05, 3.63) is 58.6 Å². The minimum Gasteiger partial charge on any atom is -0.392 e. The van der Waals surface area contributed by atoms with E-state index in [1.807, 2.05) is 30.3 Å². The van der Waals surface area contributed by atoms with Gasteiger partial charge >= 0.3 is 0 Å². The van der Waals surface area contributed by atoms with Gasteiger partial charge in [0.2, 0.25) is 0 Å². The van der Waals surface area contributed by atoms with Crippen LogP contribution < -0.4 is 0 Å². The lowest BCUT2D eigenvalue weighted by molar-refractivity contribution is 0.199. The van der Waals surface area contributed by atoms with Crippen LogP contribution in [0.15, 0.2) is 53.0 Å². The van der Waals surface area contributed by atoms with Crippen LogP contribution in [0.3, 0.4) is 0 Å². The van der Waals surface area contributed by atoms with Crippen molar-refractivity contribution in [2.45, 2.75) is 12.5 Å². The van der Waals surface area contributed by atoms with Crippen LogP contribution in [0.2, 0.25) is 0 Å². The summed E-state index contributed by atoms with van der Waals surface area (Å²) < 4.78 is 1.08. The molecule has 0 amide bonds. The molecule has 2 aromatic carbocycles. The number of alkyl halides is 1. The molecule has 0 heterocycles. The van der Waals surface area contributed by atoms with Gasteiger partial charge in [0.05, 0.1) is 6.10 Å². The number of benzene rings is 2. The maximum Gasteiger partial charge on any atom is 0.0715 e. The van der Waals surface area contributed by atoms with Crippen molar-refractivity contribution in [1.82, 2.24) is 0 Å². The van der Waals surface area contributed by atoms with Gasteiger partial charge in [-0.1, -0.05) is 58.4 Å². The van der Waals surface area contributed by atoms with Crippen molar-refractivity contribution < 1.29 is 5.11 Å². The Morgan fingerprint density at radius 3 is 2.33 bits per heavy atom. The van der Waals surface area contributed by atoms with Gasteiger partial charge in [0, 0.05) is 10.4 Å². The average Bonchev–Trinajstić information content (AvgIpc) is 2.40. The number of hydrogen-bond donors (Lipinski definition) is 1. The summed E-state index contributed by atoms with van der Waals surface area (Å²) >= 11 is 9.14. The first-order valence-electron chi connectivity index (χ1n) is 5.78. The van der Waals surface area contributed by atoms with E-state index in [2.05, 4.69) is 34.1 Å². The van der Waals surface area contributed by atoms with Crippen LogP contribution in [0.25, 0.3) is 11.1 Å². The third-order valence-corrected chi connectivity index (χ3v) is 3.84. The number of aliphatic hydroxyl groups is 1. The van der Waals surface area contributed by atoms with Gasteiger partial charge in [-0.3, -0.25) is 0 Å². The molecule has 0 fully saturated rings. The van der Waals surface area contributed by atoms with Crippen molar-refractivity contribution in [2.75, 3.05) is 5.88 Å². The molecule has 0 radical (unpaired) electrons. The van der Waals surface area contributed by atoms with E-state index in [0.29, 0.717) is 6.42 Å². The van der Waals surface area contributed by atoms with E-state index in [0.717, 1.165) is 15.6 Å². The van der Waals surface area contributed by atoms with Crippen LogP contribution in [0.1, 0.15) is 5.56 Å². The lowest BCUT2D eigenvalue weighted by Crippen LogP contribution is -2.11. The van der Waals surface area contributed by atoms with Crippen LogP contribution >= 0.6 is 27.5 Å². The molecule has 3 heteroatoms. The molecule has 1 unspecified atom stereocenters. The Balaban J connectivity index is 2.20. The van der Waals surface area contributed by atoms with Crippen LogP contribution in [-0.2, 0) is 6.42 Å². The highest BCUT2D eigenvalue weighted by molar-refractivity contribution is 9.10. The third kappa shape index (κ3) is 3.35. The number of halogens is 2. The van der Waals surface area contributed by atoms with Crippen molar-refractivity contribution in [3.8, 4) is 11.1 Å². The molecule has 94 valence electrons. The van der Waals surface area contributed by atoms with E-state index in [1.165, 1.54) is 5.56 Å². The summed E-state index contributed by atoms with van der Waals surface area (Å²) in [5.74, 6) is 0.270. The zero-order valence-corrected chi connectivity index (χ0v) is 12.2. The van der Waals surface area contributed by atoms with Gasteiger partial charge in [-0.15, -0.1) is 11.6 Å². The Kier molecular flexibility index (Phi) is 4.81. The van der Waals surface area contributed by atoms with E-state index in [4.69, 9.17) is 11.6 Å². The first-order valence-corrected chi connectivity index (χ1v) is 7.11. The Morgan fingerprint density at radius 2 is 1.72 bits per heavy atom. The normalized spacial score (nSPS) is 12.4. The minimum atomic E-state index is -0.471. The zero-order chi connectivity index (χ0) is 13.0. The number of aliphatic hydroxyl groups excluding tert-OH is 1. The molecular weight excluding hydrogens is 312 g/mol. The zero-order valence-electron chi connectivity index (χ0n) is 9.81. The van der Waals surface area contributed by atoms with Crippen molar-refractivity contribution in [3.63, 3.8) is 0 Å². The Labute approximate surface area is 121 Å². The van der Waals surface area contributed by atoms with Crippen molar-refractivity contribution in [2.24, 2.45) is 0 Å². The predicted octanol–water partition coefficient (Wildman–Crippen LogP) is 4.26. The molecule has 18 heavy (non-hydrogen) atoms. The molecule has 0 saturated carbocycles. The molecule has 1 nitrogen and oxygen atoms in total. The lowest BCUT2D eigenvalue weighted by atomic mass is 10.0. The maximum absolute atomic E-state index is 9.50. The predicted molar refractivity (Wildman–Crippen MR) is 80.0 cm³/mol. The molecule has 1 atom stereocenters. The van der Waals surface area contributed by atoms with E-state index in [9.17, 15) is 5.11 Å². The largest absolute Gasteiger partial charge is 0.392 e. The van der Waals surface area contributed by atoms with Crippen LogP contribution in [-0.4, -0.2) is 17.1 Å². The molecule has 0 saturated heterocycles. The van der Waals surface area contributed by atoms with Crippen LogP contribution in [0, 0.1) is 0 Å². The van der Waals surface area contributed by atoms with Crippen LogP contribution in [0.5, 0.6) is 0 Å². The molecule has 0 aliphatic heterocycles. The third-order valence-electron chi connectivity index (χ3n) is 2.79. The highest BCUT2D eigenvalue weighted by Gasteiger charge is 2.05. The second-order valence-corrected chi connectivity index (χ2v) is 5.35. The van der Waals surface area contributed by atoms with Crippen LogP contribution in [0.4, 0.5) is 0 Å². The van der Waals surface area contributed by atoms with Crippen molar-refractivity contribution >= 4 is 27.5 Å². The second kappa shape index (κ2) is 6.37. The minimum absolute atomic E-state index is 0.270. The summed E-state index contributed by atoms with van der Waals surface area (Å²) in [7, 11) is 0. The summed E-state index contributed by atoms with van der Waals surface area (Å²) in [6.45, 7) is 0. The second-order valence-electron chi connectivity index (χ2n) is 4.19. The number of rotatable bonds is 4. The quantitative estimate of drug-likeness (QED) is 0.833. The maximum atomic E-state index is 9.50. The van der Waals surface area contributed by atoms with Gasteiger partial charge in [0.25, 0.3) is 0 Å². The molecule has 0 aliphatic rings. The topological polar surface area (TPSA) is 20.2 Å². The van der Waals surface area contributed by atoms with Gasteiger partial charge in [-0.2, -0.15) is 0 Å². The van der Waals surface area contributed by atoms with Gasteiger partial charge in [0.15, 0.2) is 0 Å². The summed E-state index contributed by atoms with van der Waals surface area (Å²) in [6.07, 6.45) is 0.126. The summed E-state index contributed by atoms with van der Waals surface area (Å²) in [5.41, 5.74) is 3.42. The van der Waals surface area contributed by atoms with Gasteiger partial charge in [-0.25, -0.2) is 0 Å². The summed E-state index contributed by atoms with van der Waals surface area (Å²) in [4.78, 5) is 0. The van der Waals surface area contributed by atoms with E-state index in [1.54, 1.807) is 0 Å². The van der Waals surface area contributed by atoms with E-state index in [-0.39, 0.29) is 5.88 Å². The SMILES string of the molecule is OC(CCl)Cc1ccc(-c2ccccc2Br)cc1. The monoisotopic (exact) mass is 324 g/mol. The number of hydrogen-bond acceptors (Lipinski definition) is 1. The van der Waals surface area contributed by atoms with E-state index < -0.39 is 6.10 Å². The van der Waals surface area contributed by atoms with Crippen molar-refractivity contribution in [1.29, 1.82) is 0 Å². The first kappa shape index (κ1) is 13.6. The molecule has 0 aromatic heterocycles. The molecule has 2 aromatic rings. The lowest BCUT2D eigenvalue weighted by Gasteiger charge is -2.08. The Morgan fingerprint density at radius 1 is 1.06 bits per heavy atom. The highest BCUT2D eigenvalue weighted by atomic mass is 79.9. The molecular formula is C15H14BrClO. The molecule has 1 N–H and O–H groups in total. The first-order chi connectivity index (χ1) is 8.70. The molecule has 2 rings (SSSR count). The van der Waals surface area contributed by atoms with Gasteiger partial charge in [0.1, 0.15) is 0 Å². The fourth-order valence-electron chi connectivity index (χ4n) is 1.84. The smallest absolute Gasteiger partial charge is 0.0715 e. The fourth-order valence-corrected chi connectivity index (χ4v) is 2.47. The van der Waals surface area contributed by atoms with Gasteiger partial charge < -0.3 is 5.11 Å². The van der Waals surface area contributed by atoms with E-state index >= 15 is 0 Å². The molecule has 0 bridgehead atoms. The molecule has 0 spiro atoms. The standard InChI is InChI=1S/C15H14BrClO/c16-15-4-2-1-3-14(15)12-7-5-11(6-8-12)9-13(18)10-17/h1-8,13,18H,9-10H2.